The lowest BCUT2D eigenvalue weighted by Gasteiger charge is -2.26. The van der Waals surface area contributed by atoms with Gasteiger partial charge in [-0.15, -0.1) is 0 Å². The van der Waals surface area contributed by atoms with Crippen LogP contribution < -0.4 is 11.3 Å². The highest BCUT2D eigenvalue weighted by Crippen LogP contribution is 2.39. The largest absolute Gasteiger partial charge is 0.466 e. The molecule has 7 heteroatoms. The van der Waals surface area contributed by atoms with Gasteiger partial charge in [0.05, 0.1) is 24.1 Å². The number of aromatic amines is 1. The lowest BCUT2D eigenvalue weighted by Crippen LogP contribution is -2.29. The normalized spacial score (nSPS) is 16.9. The van der Waals surface area contributed by atoms with Gasteiger partial charge in [0.25, 0.3) is 5.56 Å². The Morgan fingerprint density at radius 1 is 1.30 bits per heavy atom. The first-order valence-electron chi connectivity index (χ1n) is 8.30. The monoisotopic (exact) mass is 365 g/mol. The van der Waals surface area contributed by atoms with Crippen LogP contribution in [0.4, 0.5) is 0 Å². The summed E-state index contributed by atoms with van der Waals surface area (Å²) in [6, 6.07) is 7.54. The number of aryl methyl sites for hydroxylation is 2. The average Bonchev–Trinajstić information content (AvgIpc) is 2.63. The van der Waals surface area contributed by atoms with Crippen LogP contribution in [0.5, 0.6) is 0 Å². The highest BCUT2D eigenvalue weighted by atomic mass is 16.5. The van der Waals surface area contributed by atoms with E-state index in [1.54, 1.807) is 13.0 Å². The lowest BCUT2D eigenvalue weighted by molar-refractivity contribution is -0.136. The fraction of sp³-hybridized carbons (Fsp3) is 0.250. The Morgan fingerprint density at radius 2 is 1.96 bits per heavy atom. The van der Waals surface area contributed by atoms with Crippen LogP contribution in [0.1, 0.15) is 29.5 Å². The molecule has 0 saturated heterocycles. The maximum Gasteiger partial charge on any atom is 0.338 e. The summed E-state index contributed by atoms with van der Waals surface area (Å²) in [5.41, 5.74) is 8.36. The standard InChI is InChI=1S/C20H19N3O4/c1-9-5-6-10(2)17-12(9)7-13(19(24)23-17)16-14(8-21)18(22)27-11(3)15(16)20(25)26-4/h5-7,16H,22H2,1-4H3,(H,23,24)/t16-/m1/s1. The third-order valence-electron chi connectivity index (χ3n) is 4.79. The summed E-state index contributed by atoms with van der Waals surface area (Å²) >= 11 is 0. The van der Waals surface area contributed by atoms with Crippen molar-refractivity contribution in [1.82, 2.24) is 4.98 Å². The number of benzene rings is 1. The molecule has 27 heavy (non-hydrogen) atoms. The number of allylic oxidation sites excluding steroid dienone is 2. The van der Waals surface area contributed by atoms with Crippen molar-refractivity contribution in [2.45, 2.75) is 26.7 Å². The highest BCUT2D eigenvalue weighted by Gasteiger charge is 2.37. The molecule has 3 rings (SSSR count). The zero-order chi connectivity index (χ0) is 19.9. The van der Waals surface area contributed by atoms with Gasteiger partial charge in [0.15, 0.2) is 0 Å². The Balaban J connectivity index is 2.38. The number of ether oxygens (including phenoxy) is 2. The van der Waals surface area contributed by atoms with Crippen molar-refractivity contribution in [3.8, 4) is 6.07 Å². The zero-order valence-corrected chi connectivity index (χ0v) is 15.5. The van der Waals surface area contributed by atoms with E-state index in [9.17, 15) is 14.9 Å². The van der Waals surface area contributed by atoms with Gasteiger partial charge in [-0.3, -0.25) is 4.79 Å². The summed E-state index contributed by atoms with van der Waals surface area (Å²) in [6.07, 6.45) is 0. The van der Waals surface area contributed by atoms with E-state index in [0.717, 1.165) is 16.5 Å². The number of H-pyrrole nitrogens is 1. The van der Waals surface area contributed by atoms with Gasteiger partial charge in [-0.25, -0.2) is 4.79 Å². The summed E-state index contributed by atoms with van der Waals surface area (Å²) in [7, 11) is 1.23. The van der Waals surface area contributed by atoms with Crippen molar-refractivity contribution in [3.05, 3.63) is 68.0 Å². The maximum absolute atomic E-state index is 12.9. The highest BCUT2D eigenvalue weighted by molar-refractivity contribution is 5.93. The molecule has 1 aliphatic rings. The minimum Gasteiger partial charge on any atom is -0.466 e. The van der Waals surface area contributed by atoms with Crippen molar-refractivity contribution in [1.29, 1.82) is 5.26 Å². The van der Waals surface area contributed by atoms with Gasteiger partial charge in [0.2, 0.25) is 5.88 Å². The fourth-order valence-corrected chi connectivity index (χ4v) is 3.37. The van der Waals surface area contributed by atoms with E-state index in [1.807, 2.05) is 32.0 Å². The van der Waals surface area contributed by atoms with E-state index >= 15 is 0 Å². The molecule has 0 bridgehead atoms. The minimum absolute atomic E-state index is 0.00356. The third kappa shape index (κ3) is 2.85. The van der Waals surface area contributed by atoms with Gasteiger partial charge in [-0.1, -0.05) is 12.1 Å². The van der Waals surface area contributed by atoms with Gasteiger partial charge < -0.3 is 20.2 Å². The number of rotatable bonds is 2. The second-order valence-corrected chi connectivity index (χ2v) is 6.43. The number of fused-ring (bicyclic) bond motifs is 1. The molecule has 0 unspecified atom stereocenters. The zero-order valence-electron chi connectivity index (χ0n) is 15.5. The van der Waals surface area contributed by atoms with E-state index in [0.29, 0.717) is 5.52 Å². The van der Waals surface area contributed by atoms with E-state index < -0.39 is 17.4 Å². The van der Waals surface area contributed by atoms with Crippen LogP contribution >= 0.6 is 0 Å². The summed E-state index contributed by atoms with van der Waals surface area (Å²) in [6.45, 7) is 5.37. The Kier molecular flexibility index (Phi) is 4.50. The molecule has 7 nitrogen and oxygen atoms in total. The first kappa shape index (κ1) is 18.3. The van der Waals surface area contributed by atoms with E-state index in [1.165, 1.54) is 7.11 Å². The van der Waals surface area contributed by atoms with Crippen LogP contribution in [0.2, 0.25) is 0 Å². The van der Waals surface area contributed by atoms with Crippen LogP contribution in [0.25, 0.3) is 10.9 Å². The quantitative estimate of drug-likeness (QED) is 0.789. The summed E-state index contributed by atoms with van der Waals surface area (Å²) < 4.78 is 10.2. The first-order chi connectivity index (χ1) is 12.8. The molecule has 3 N–H and O–H groups in total. The van der Waals surface area contributed by atoms with Crippen molar-refractivity contribution >= 4 is 16.9 Å². The second kappa shape index (κ2) is 6.65. The summed E-state index contributed by atoms with van der Waals surface area (Å²) in [5.74, 6) is -1.58. The van der Waals surface area contributed by atoms with Crippen molar-refractivity contribution in [2.24, 2.45) is 5.73 Å². The predicted molar refractivity (Wildman–Crippen MR) is 99.4 cm³/mol. The third-order valence-corrected chi connectivity index (χ3v) is 4.79. The summed E-state index contributed by atoms with van der Waals surface area (Å²) in [5, 5.41) is 10.4. The second-order valence-electron chi connectivity index (χ2n) is 6.43. The number of methoxy groups -OCH3 is 1. The van der Waals surface area contributed by atoms with Crippen molar-refractivity contribution in [3.63, 3.8) is 0 Å². The average molecular weight is 365 g/mol. The molecule has 1 atom stereocenters. The Hall–Kier alpha value is -3.53. The Morgan fingerprint density at radius 3 is 2.59 bits per heavy atom. The molecule has 0 fully saturated rings. The molecule has 0 spiro atoms. The molecule has 138 valence electrons. The van der Waals surface area contributed by atoms with Crippen molar-refractivity contribution < 1.29 is 14.3 Å². The van der Waals surface area contributed by atoms with Gasteiger partial charge in [0.1, 0.15) is 17.4 Å². The lowest BCUT2D eigenvalue weighted by atomic mass is 9.83. The number of nitrogens with one attached hydrogen (secondary N) is 1. The topological polar surface area (TPSA) is 118 Å². The van der Waals surface area contributed by atoms with Crippen molar-refractivity contribution in [2.75, 3.05) is 7.11 Å². The Bertz CT molecular complexity index is 1130. The number of aromatic nitrogens is 1. The molecule has 1 aliphatic heterocycles. The minimum atomic E-state index is -0.968. The number of pyridine rings is 1. The van der Waals surface area contributed by atoms with Gasteiger partial charge >= 0.3 is 5.97 Å². The van der Waals surface area contributed by atoms with Gasteiger partial charge in [-0.2, -0.15) is 5.26 Å². The van der Waals surface area contributed by atoms with Gasteiger partial charge in [-0.05, 0) is 38.0 Å². The molecule has 1 aromatic carbocycles. The molecule has 0 radical (unpaired) electrons. The molecule has 1 aromatic heterocycles. The smallest absolute Gasteiger partial charge is 0.338 e. The number of carbonyl (C=O) groups is 1. The maximum atomic E-state index is 12.9. The number of nitrogens with zero attached hydrogens (tertiary/aromatic N) is 1. The van der Waals surface area contributed by atoms with Crippen LogP contribution in [-0.4, -0.2) is 18.1 Å². The number of nitrogens with two attached hydrogens (primary N) is 1. The van der Waals surface area contributed by atoms with E-state index in [-0.39, 0.29) is 28.4 Å². The molecule has 0 aliphatic carbocycles. The molecular formula is C20H19N3O4. The number of hydrogen-bond donors (Lipinski definition) is 2. The van der Waals surface area contributed by atoms with Crippen LogP contribution in [0.3, 0.4) is 0 Å². The predicted octanol–water partition coefficient (Wildman–Crippen LogP) is 2.40. The number of carbonyl (C=O) groups excluding carboxylic acids is 1. The van der Waals surface area contributed by atoms with E-state index in [2.05, 4.69) is 4.98 Å². The molecule has 2 aromatic rings. The SMILES string of the molecule is COC(=O)C1=C(C)OC(N)=C(C#N)[C@H]1c1cc2c(C)ccc(C)c2[nH]c1=O. The first-order valence-corrected chi connectivity index (χ1v) is 8.30. The molecule has 0 amide bonds. The molecular weight excluding hydrogens is 346 g/mol. The molecule has 2 heterocycles. The van der Waals surface area contributed by atoms with E-state index in [4.69, 9.17) is 15.2 Å². The number of hydrogen-bond acceptors (Lipinski definition) is 6. The van der Waals surface area contributed by atoms with Gasteiger partial charge in [0, 0.05) is 10.9 Å². The Labute approximate surface area is 155 Å². The fourth-order valence-electron chi connectivity index (χ4n) is 3.37. The van der Waals surface area contributed by atoms with Crippen LogP contribution in [-0.2, 0) is 14.3 Å². The molecule has 0 saturated carbocycles. The van der Waals surface area contributed by atoms with Crippen LogP contribution in [0.15, 0.2) is 45.8 Å². The number of nitriles is 1. The number of esters is 1. The van der Waals surface area contributed by atoms with Crippen LogP contribution in [0, 0.1) is 25.2 Å². The summed E-state index contributed by atoms with van der Waals surface area (Å²) in [4.78, 5) is 28.1.